The quantitative estimate of drug-likeness (QED) is 0.595. The van der Waals surface area contributed by atoms with Crippen LogP contribution in [0.15, 0.2) is 59.5 Å². The number of amides is 1. The Bertz CT molecular complexity index is 1250. The molecular formula is C24H27FN4O3S. The lowest BCUT2D eigenvalue weighted by Gasteiger charge is -2.30. The number of anilines is 1. The van der Waals surface area contributed by atoms with Crippen molar-refractivity contribution in [3.63, 3.8) is 0 Å². The third kappa shape index (κ3) is 4.84. The molecule has 1 fully saturated rings. The van der Waals surface area contributed by atoms with Gasteiger partial charge in [-0.15, -0.1) is 0 Å². The van der Waals surface area contributed by atoms with Crippen LogP contribution in [0.5, 0.6) is 0 Å². The van der Waals surface area contributed by atoms with Crippen molar-refractivity contribution in [1.29, 1.82) is 0 Å². The fraction of sp³-hybridized carbons (Fsp3) is 0.333. The molecule has 1 N–H and O–H groups in total. The van der Waals surface area contributed by atoms with Crippen LogP contribution >= 0.6 is 0 Å². The second-order valence-electron chi connectivity index (χ2n) is 8.28. The number of hydrogen-bond donors (Lipinski definition) is 1. The fourth-order valence-corrected chi connectivity index (χ4v) is 5.64. The van der Waals surface area contributed by atoms with E-state index in [4.69, 9.17) is 0 Å². The highest BCUT2D eigenvalue weighted by Gasteiger charge is 2.32. The number of aromatic nitrogens is 2. The second-order valence-corrected chi connectivity index (χ2v) is 10.2. The van der Waals surface area contributed by atoms with Gasteiger partial charge >= 0.3 is 0 Å². The summed E-state index contributed by atoms with van der Waals surface area (Å²) in [4.78, 5) is 13.2. The number of hydrogen-bond acceptors (Lipinski definition) is 4. The average molecular weight is 471 g/mol. The van der Waals surface area contributed by atoms with Crippen molar-refractivity contribution < 1.29 is 17.6 Å². The number of benzene rings is 2. The van der Waals surface area contributed by atoms with Crippen molar-refractivity contribution in [3.8, 4) is 0 Å². The van der Waals surface area contributed by atoms with E-state index in [-0.39, 0.29) is 29.1 Å². The molecule has 7 nitrogen and oxygen atoms in total. The summed E-state index contributed by atoms with van der Waals surface area (Å²) in [5.74, 6) is -0.739. The zero-order chi connectivity index (χ0) is 23.6. The number of sulfonamides is 1. The van der Waals surface area contributed by atoms with Crippen molar-refractivity contribution in [2.24, 2.45) is 5.92 Å². The predicted molar refractivity (Wildman–Crippen MR) is 124 cm³/mol. The summed E-state index contributed by atoms with van der Waals surface area (Å²) in [5.41, 5.74) is 2.54. The smallest absolute Gasteiger partial charge is 0.243 e. The Morgan fingerprint density at radius 2 is 1.70 bits per heavy atom. The predicted octanol–water partition coefficient (Wildman–Crippen LogP) is 3.73. The SMILES string of the molecule is Cc1nn(Cc2ccccc2F)c(C)c1NC(=O)C1CCN(S(=O)(=O)c2ccccc2)CC1. The van der Waals surface area contributed by atoms with Crippen LogP contribution in [0.1, 0.15) is 29.8 Å². The lowest BCUT2D eigenvalue weighted by atomic mass is 9.97. The highest BCUT2D eigenvalue weighted by molar-refractivity contribution is 7.89. The number of aryl methyl sites for hydroxylation is 1. The first-order valence-corrected chi connectivity index (χ1v) is 12.3. The number of halogens is 1. The molecule has 0 unspecified atom stereocenters. The van der Waals surface area contributed by atoms with Gasteiger partial charge in [0, 0.05) is 24.6 Å². The standard InChI is InChI=1S/C24H27FN4O3S/c1-17-23(18(2)29(27-17)16-20-8-6-7-11-22(20)25)26-24(30)19-12-14-28(15-13-19)33(31,32)21-9-4-3-5-10-21/h3-11,19H,12-16H2,1-2H3,(H,26,30). The normalized spacial score (nSPS) is 15.5. The van der Waals surface area contributed by atoms with E-state index in [0.717, 1.165) is 5.69 Å². The van der Waals surface area contributed by atoms with Gasteiger partial charge in [0.2, 0.25) is 15.9 Å². The van der Waals surface area contributed by atoms with Crippen molar-refractivity contribution in [2.45, 2.75) is 38.1 Å². The van der Waals surface area contributed by atoms with Crippen LogP contribution in [-0.2, 0) is 21.4 Å². The third-order valence-electron chi connectivity index (χ3n) is 6.11. The van der Waals surface area contributed by atoms with Crippen LogP contribution in [0.2, 0.25) is 0 Å². The van der Waals surface area contributed by atoms with Gasteiger partial charge < -0.3 is 5.32 Å². The highest BCUT2D eigenvalue weighted by Crippen LogP contribution is 2.27. The molecule has 0 spiro atoms. The van der Waals surface area contributed by atoms with Crippen molar-refractivity contribution >= 4 is 21.6 Å². The summed E-state index contributed by atoms with van der Waals surface area (Å²) < 4.78 is 42.8. The van der Waals surface area contributed by atoms with E-state index in [2.05, 4.69) is 10.4 Å². The number of nitrogens with zero attached hydrogens (tertiary/aromatic N) is 3. The minimum atomic E-state index is -3.56. The molecule has 0 bridgehead atoms. The first-order valence-electron chi connectivity index (χ1n) is 10.9. The molecule has 0 atom stereocenters. The summed E-state index contributed by atoms with van der Waals surface area (Å²) in [6, 6.07) is 14.9. The van der Waals surface area contributed by atoms with E-state index in [1.165, 1.54) is 10.4 Å². The van der Waals surface area contributed by atoms with Crippen LogP contribution in [-0.4, -0.2) is 41.5 Å². The van der Waals surface area contributed by atoms with Gasteiger partial charge in [0.1, 0.15) is 5.82 Å². The molecule has 2 heterocycles. The van der Waals surface area contributed by atoms with Crippen LogP contribution in [0.4, 0.5) is 10.1 Å². The number of nitrogens with one attached hydrogen (secondary N) is 1. The van der Waals surface area contributed by atoms with Crippen LogP contribution in [0, 0.1) is 25.6 Å². The highest BCUT2D eigenvalue weighted by atomic mass is 32.2. The van der Waals surface area contributed by atoms with E-state index in [1.807, 2.05) is 6.92 Å². The maximum absolute atomic E-state index is 14.0. The molecule has 1 aliphatic rings. The van der Waals surface area contributed by atoms with E-state index < -0.39 is 10.0 Å². The second kappa shape index (κ2) is 9.44. The molecule has 1 aromatic heterocycles. The summed E-state index contributed by atoms with van der Waals surface area (Å²) in [7, 11) is -3.56. The van der Waals surface area contributed by atoms with Crippen LogP contribution in [0.3, 0.4) is 0 Å². The number of piperidine rings is 1. The van der Waals surface area contributed by atoms with Gasteiger partial charge in [-0.1, -0.05) is 36.4 Å². The molecule has 174 valence electrons. The Hall–Kier alpha value is -3.04. The fourth-order valence-electron chi connectivity index (χ4n) is 4.14. The van der Waals surface area contributed by atoms with Crippen LogP contribution in [0.25, 0.3) is 0 Å². The molecule has 9 heteroatoms. The summed E-state index contributed by atoms with van der Waals surface area (Å²) in [6.45, 7) is 4.49. The van der Waals surface area contributed by atoms with Crippen molar-refractivity contribution in [2.75, 3.05) is 18.4 Å². The van der Waals surface area contributed by atoms with Gasteiger partial charge in [-0.2, -0.15) is 9.40 Å². The Morgan fingerprint density at radius 1 is 1.06 bits per heavy atom. The zero-order valence-corrected chi connectivity index (χ0v) is 19.5. The van der Waals surface area contributed by atoms with Gasteiger partial charge in [0.15, 0.2) is 0 Å². The lowest BCUT2D eigenvalue weighted by Crippen LogP contribution is -2.41. The number of rotatable bonds is 6. The largest absolute Gasteiger partial charge is 0.323 e. The minimum absolute atomic E-state index is 0.150. The number of carbonyl (C=O) groups excluding carboxylic acids is 1. The van der Waals surface area contributed by atoms with Gasteiger partial charge in [0.25, 0.3) is 0 Å². The zero-order valence-electron chi connectivity index (χ0n) is 18.7. The molecule has 4 rings (SSSR count). The first-order chi connectivity index (χ1) is 15.8. The minimum Gasteiger partial charge on any atom is -0.323 e. The summed E-state index contributed by atoms with van der Waals surface area (Å²) in [6.07, 6.45) is 0.888. The van der Waals surface area contributed by atoms with E-state index in [9.17, 15) is 17.6 Å². The van der Waals surface area contributed by atoms with Gasteiger partial charge in [0.05, 0.1) is 28.5 Å². The molecule has 1 amide bonds. The Morgan fingerprint density at radius 3 is 2.36 bits per heavy atom. The molecule has 3 aromatic rings. The third-order valence-corrected chi connectivity index (χ3v) is 8.03. The number of carbonyl (C=O) groups is 1. The van der Waals surface area contributed by atoms with Gasteiger partial charge in [-0.25, -0.2) is 12.8 Å². The molecule has 33 heavy (non-hydrogen) atoms. The van der Waals surface area contributed by atoms with Crippen molar-refractivity contribution in [3.05, 3.63) is 77.4 Å². The molecule has 2 aromatic carbocycles. The maximum atomic E-state index is 14.0. The molecule has 0 aliphatic carbocycles. The lowest BCUT2D eigenvalue weighted by molar-refractivity contribution is -0.120. The molecule has 0 radical (unpaired) electrons. The molecule has 0 saturated carbocycles. The molecule has 1 saturated heterocycles. The summed E-state index contributed by atoms with van der Waals surface area (Å²) in [5, 5.41) is 7.44. The Kier molecular flexibility index (Phi) is 6.62. The van der Waals surface area contributed by atoms with Crippen LogP contribution < -0.4 is 5.32 Å². The topological polar surface area (TPSA) is 84.3 Å². The van der Waals surface area contributed by atoms with E-state index in [0.29, 0.717) is 42.9 Å². The van der Waals surface area contributed by atoms with E-state index >= 15 is 0 Å². The van der Waals surface area contributed by atoms with E-state index in [1.54, 1.807) is 60.1 Å². The summed E-state index contributed by atoms with van der Waals surface area (Å²) >= 11 is 0. The maximum Gasteiger partial charge on any atom is 0.243 e. The van der Waals surface area contributed by atoms with Gasteiger partial charge in [-0.05, 0) is 44.9 Å². The Labute approximate surface area is 193 Å². The first kappa shape index (κ1) is 23.1. The Balaban J connectivity index is 1.41. The van der Waals surface area contributed by atoms with Gasteiger partial charge in [-0.3, -0.25) is 9.48 Å². The van der Waals surface area contributed by atoms with Crippen molar-refractivity contribution in [1.82, 2.24) is 14.1 Å². The average Bonchev–Trinajstić information content (AvgIpc) is 3.08. The molecular weight excluding hydrogens is 443 g/mol. The molecule has 1 aliphatic heterocycles. The monoisotopic (exact) mass is 470 g/mol.